The van der Waals surface area contributed by atoms with Crippen LogP contribution in [0, 0.1) is 25.5 Å². The fraction of sp³-hybridized carbons (Fsp3) is 0.235. The second kappa shape index (κ2) is 16.0. The zero-order chi connectivity index (χ0) is 35.8. The lowest BCUT2D eigenvalue weighted by atomic mass is 10.1. The van der Waals surface area contributed by atoms with Crippen molar-refractivity contribution in [3.63, 3.8) is 0 Å². The van der Waals surface area contributed by atoms with E-state index >= 15 is 0 Å². The van der Waals surface area contributed by atoms with Gasteiger partial charge >= 0.3 is 5.97 Å². The van der Waals surface area contributed by atoms with Gasteiger partial charge in [-0.2, -0.15) is 0 Å². The molecule has 0 fully saturated rings. The number of nitrogens with two attached hydrogens (primary N) is 1. The molecule has 4 aromatic rings. The highest BCUT2D eigenvalue weighted by Gasteiger charge is 2.22. The Hall–Kier alpha value is -4.66. The molecule has 0 amide bonds. The van der Waals surface area contributed by atoms with E-state index in [9.17, 15) is 35.2 Å². The van der Waals surface area contributed by atoms with Gasteiger partial charge in [-0.3, -0.25) is 13.4 Å². The minimum absolute atomic E-state index is 0.0696. The molecule has 256 valence electrons. The van der Waals surface area contributed by atoms with Gasteiger partial charge in [0.2, 0.25) is 20.0 Å². The third kappa shape index (κ3) is 10.2. The maximum Gasteiger partial charge on any atom is 0.337 e. The van der Waals surface area contributed by atoms with Crippen molar-refractivity contribution in [3.8, 4) is 0 Å². The summed E-state index contributed by atoms with van der Waals surface area (Å²) in [5, 5.41) is 0. The Morgan fingerprint density at radius 3 is 1.46 bits per heavy atom. The van der Waals surface area contributed by atoms with Gasteiger partial charge in [-0.25, -0.2) is 30.4 Å². The number of nitrogens with zero attached hydrogens (tertiary/aromatic N) is 2. The molecule has 4 rings (SSSR count). The second-order valence-electron chi connectivity index (χ2n) is 10.9. The molecule has 0 aromatic heterocycles. The van der Waals surface area contributed by atoms with Gasteiger partial charge in [-0.05, 0) is 67.4 Å². The fourth-order valence-electron chi connectivity index (χ4n) is 4.56. The molecular weight excluding hydrogens is 665 g/mol. The van der Waals surface area contributed by atoms with Crippen molar-refractivity contribution in [2.24, 2.45) is 5.73 Å². The summed E-state index contributed by atoms with van der Waals surface area (Å²) in [5.74, 6) is -2.34. The molecule has 0 aliphatic carbocycles. The van der Waals surface area contributed by atoms with E-state index in [1.165, 1.54) is 31.4 Å². The molecule has 0 bridgehead atoms. The third-order valence-electron chi connectivity index (χ3n) is 7.04. The third-order valence-corrected chi connectivity index (χ3v) is 9.32. The first kappa shape index (κ1) is 37.8. The summed E-state index contributed by atoms with van der Waals surface area (Å²) in [6, 6.07) is 21.7. The van der Waals surface area contributed by atoms with Crippen LogP contribution in [0.2, 0.25) is 0 Å². The summed E-state index contributed by atoms with van der Waals surface area (Å²) >= 11 is 0. The predicted molar refractivity (Wildman–Crippen MR) is 182 cm³/mol. The quantitative estimate of drug-likeness (QED) is 0.168. The van der Waals surface area contributed by atoms with Crippen LogP contribution in [0.1, 0.15) is 43.0 Å². The molecule has 0 radical (unpaired) electrons. The highest BCUT2D eigenvalue weighted by Crippen LogP contribution is 2.25. The summed E-state index contributed by atoms with van der Waals surface area (Å²) < 4.78 is 83.8. The summed E-state index contributed by atoms with van der Waals surface area (Å²) in [4.78, 5) is 22.9. The number of Topliss-reactive ketones (excluding diaryl/α,β-unsaturated/α-hetero) is 1. The lowest BCUT2D eigenvalue weighted by molar-refractivity contribution is 0.0600. The topological polar surface area (TPSA) is 144 Å². The van der Waals surface area contributed by atoms with Gasteiger partial charge in [0, 0.05) is 16.7 Å². The number of anilines is 2. The Kier molecular flexibility index (Phi) is 12.6. The zero-order valence-corrected chi connectivity index (χ0v) is 28.7. The van der Waals surface area contributed by atoms with E-state index in [1.807, 2.05) is 26.0 Å². The van der Waals surface area contributed by atoms with Crippen molar-refractivity contribution in [1.82, 2.24) is 0 Å². The summed E-state index contributed by atoms with van der Waals surface area (Å²) in [7, 11) is -6.00. The van der Waals surface area contributed by atoms with Crippen LogP contribution in [0.15, 0.2) is 84.9 Å². The van der Waals surface area contributed by atoms with Crippen molar-refractivity contribution in [3.05, 3.63) is 130 Å². The van der Waals surface area contributed by atoms with Crippen LogP contribution < -0.4 is 14.3 Å². The number of hydrogen-bond acceptors (Lipinski definition) is 8. The molecule has 0 aliphatic heterocycles. The van der Waals surface area contributed by atoms with Gasteiger partial charge in [0.15, 0.2) is 5.78 Å². The molecule has 0 heterocycles. The van der Waals surface area contributed by atoms with Gasteiger partial charge < -0.3 is 10.5 Å². The van der Waals surface area contributed by atoms with E-state index in [4.69, 9.17) is 5.73 Å². The number of halogens is 2. The van der Waals surface area contributed by atoms with Gasteiger partial charge in [-0.1, -0.05) is 42.5 Å². The molecule has 4 aromatic carbocycles. The molecule has 0 saturated heterocycles. The minimum atomic E-state index is -3.61. The van der Waals surface area contributed by atoms with Crippen LogP contribution in [-0.4, -0.2) is 54.8 Å². The van der Waals surface area contributed by atoms with Gasteiger partial charge in [0.05, 0.1) is 56.2 Å². The molecular formula is C34H37F2N3O7S2. The number of benzene rings is 4. The van der Waals surface area contributed by atoms with Crippen molar-refractivity contribution in [2.45, 2.75) is 26.9 Å². The van der Waals surface area contributed by atoms with E-state index in [2.05, 4.69) is 4.74 Å². The molecule has 2 N–H and O–H groups in total. The summed E-state index contributed by atoms with van der Waals surface area (Å²) in [6.45, 7) is 3.14. The number of ether oxygens (including phenoxy) is 1. The molecule has 0 aliphatic rings. The molecule has 0 spiro atoms. The van der Waals surface area contributed by atoms with Gasteiger partial charge in [-0.15, -0.1) is 0 Å². The number of ketones is 1. The second-order valence-corrected chi connectivity index (χ2v) is 14.8. The zero-order valence-electron chi connectivity index (χ0n) is 27.1. The highest BCUT2D eigenvalue weighted by atomic mass is 32.2. The SMILES string of the molecule is COC(=O)c1ccc(CN(c2cccc(C)c2)S(C)(=O)=O)c(F)c1.Cc1cccc(N(Cc2ccc(C(=O)CN)cc2F)S(C)(=O)=O)c1. The summed E-state index contributed by atoms with van der Waals surface area (Å²) in [6.07, 6.45) is 2.13. The molecule has 0 unspecified atom stereocenters. The Balaban J connectivity index is 0.000000260. The Bertz CT molecular complexity index is 1880. The van der Waals surface area contributed by atoms with Crippen LogP contribution in [-0.2, 0) is 37.9 Å². The first-order valence-electron chi connectivity index (χ1n) is 14.4. The van der Waals surface area contributed by atoms with Crippen LogP contribution in [0.3, 0.4) is 0 Å². The maximum atomic E-state index is 14.3. The van der Waals surface area contributed by atoms with E-state index in [0.29, 0.717) is 11.4 Å². The Morgan fingerprint density at radius 1 is 0.688 bits per heavy atom. The Morgan fingerprint density at radius 2 is 1.10 bits per heavy atom. The van der Waals surface area contributed by atoms with Crippen LogP contribution in [0.4, 0.5) is 20.2 Å². The first-order valence-corrected chi connectivity index (χ1v) is 18.1. The maximum absolute atomic E-state index is 14.3. The lowest BCUT2D eigenvalue weighted by Crippen LogP contribution is -2.29. The molecule has 0 saturated carbocycles. The monoisotopic (exact) mass is 701 g/mol. The normalized spacial score (nSPS) is 11.2. The number of carbonyl (C=O) groups excluding carboxylic acids is 2. The largest absolute Gasteiger partial charge is 0.465 e. The standard InChI is InChI=1S/C17H19FN2O3S.C17H18FNO4S/c1-12-4-3-5-15(8-12)20(24(2,22)23)11-14-7-6-13(9-16(14)18)17(21)10-19;1-12-5-4-6-15(9-12)19(24(3,21)22)11-14-8-7-13(10-16(14)18)17(20)23-2/h3-9H,10-11,19H2,1-2H3;4-10H,11H2,1-3H3. The van der Waals surface area contributed by atoms with E-state index in [-0.39, 0.29) is 47.7 Å². The average molecular weight is 702 g/mol. The van der Waals surface area contributed by atoms with E-state index < -0.39 is 37.7 Å². The van der Waals surface area contributed by atoms with Crippen LogP contribution in [0.5, 0.6) is 0 Å². The van der Waals surface area contributed by atoms with Crippen molar-refractivity contribution in [2.75, 3.05) is 34.8 Å². The number of aryl methyl sites for hydroxylation is 2. The van der Waals surface area contributed by atoms with E-state index in [1.54, 1.807) is 36.4 Å². The average Bonchev–Trinajstić information content (AvgIpc) is 3.01. The fourth-order valence-corrected chi connectivity index (χ4v) is 6.30. The van der Waals surface area contributed by atoms with E-state index in [0.717, 1.165) is 44.4 Å². The molecule has 14 heteroatoms. The van der Waals surface area contributed by atoms with Crippen LogP contribution >= 0.6 is 0 Å². The van der Waals surface area contributed by atoms with Crippen molar-refractivity contribution in [1.29, 1.82) is 0 Å². The number of rotatable bonds is 11. The first-order chi connectivity index (χ1) is 22.4. The lowest BCUT2D eigenvalue weighted by Gasteiger charge is -2.23. The van der Waals surface area contributed by atoms with Gasteiger partial charge in [0.1, 0.15) is 11.6 Å². The number of hydrogen-bond donors (Lipinski definition) is 1. The van der Waals surface area contributed by atoms with Gasteiger partial charge in [0.25, 0.3) is 0 Å². The molecule has 48 heavy (non-hydrogen) atoms. The summed E-state index contributed by atoms with van der Waals surface area (Å²) in [5.41, 5.74) is 8.53. The smallest absolute Gasteiger partial charge is 0.337 e. The highest BCUT2D eigenvalue weighted by molar-refractivity contribution is 7.92. The minimum Gasteiger partial charge on any atom is -0.465 e. The molecule has 0 atom stereocenters. The number of methoxy groups -OCH3 is 1. The number of sulfonamides is 2. The van der Waals surface area contributed by atoms with Crippen molar-refractivity contribution < 1.29 is 39.9 Å². The van der Waals surface area contributed by atoms with Crippen LogP contribution in [0.25, 0.3) is 0 Å². The number of carbonyl (C=O) groups is 2. The molecule has 10 nitrogen and oxygen atoms in total. The van der Waals surface area contributed by atoms with Crippen molar-refractivity contribution >= 4 is 43.2 Å². The Labute approximate surface area is 279 Å². The number of esters is 1. The predicted octanol–water partition coefficient (Wildman–Crippen LogP) is 5.13.